The van der Waals surface area contributed by atoms with E-state index in [1.807, 2.05) is 4.90 Å². The molecule has 0 radical (unpaired) electrons. The highest BCUT2D eigenvalue weighted by molar-refractivity contribution is 7.10. The van der Waals surface area contributed by atoms with E-state index in [4.69, 9.17) is 11.6 Å². The molecule has 0 saturated carbocycles. The molecular formula is C11H16ClN5OS. The van der Waals surface area contributed by atoms with Gasteiger partial charge in [0.1, 0.15) is 10.0 Å². The SMILES string of the molecule is O=C1NCCN1C1CCN(Cc2nnsc2Cl)CC1. The van der Waals surface area contributed by atoms with Gasteiger partial charge in [0.2, 0.25) is 0 Å². The van der Waals surface area contributed by atoms with E-state index in [9.17, 15) is 4.79 Å². The minimum atomic E-state index is 0.0881. The Hall–Kier alpha value is -0.920. The predicted octanol–water partition coefficient (Wildman–Crippen LogP) is 1.18. The molecular weight excluding hydrogens is 286 g/mol. The number of carbonyl (C=O) groups excluding carboxylic acids is 1. The molecule has 1 aromatic heterocycles. The van der Waals surface area contributed by atoms with Gasteiger partial charge in [0, 0.05) is 50.3 Å². The van der Waals surface area contributed by atoms with Crippen molar-refractivity contribution in [3.8, 4) is 0 Å². The van der Waals surface area contributed by atoms with Crippen LogP contribution in [0.4, 0.5) is 4.79 Å². The van der Waals surface area contributed by atoms with E-state index in [1.165, 1.54) is 11.5 Å². The van der Waals surface area contributed by atoms with E-state index in [-0.39, 0.29) is 6.03 Å². The van der Waals surface area contributed by atoms with Crippen molar-refractivity contribution in [2.45, 2.75) is 25.4 Å². The first-order valence-corrected chi connectivity index (χ1v) is 7.63. The number of aromatic nitrogens is 2. The fourth-order valence-electron chi connectivity index (χ4n) is 2.73. The number of urea groups is 1. The molecule has 2 saturated heterocycles. The smallest absolute Gasteiger partial charge is 0.317 e. The predicted molar refractivity (Wildman–Crippen MR) is 73.3 cm³/mol. The van der Waals surface area contributed by atoms with Crippen LogP contribution in [0, 0.1) is 0 Å². The number of hydrogen-bond acceptors (Lipinski definition) is 5. The number of nitrogens with zero attached hydrogens (tertiary/aromatic N) is 4. The average Bonchev–Trinajstić information content (AvgIpc) is 3.00. The zero-order valence-electron chi connectivity index (χ0n) is 10.5. The van der Waals surface area contributed by atoms with Gasteiger partial charge in [0.25, 0.3) is 0 Å². The summed E-state index contributed by atoms with van der Waals surface area (Å²) in [5.74, 6) is 0. The summed E-state index contributed by atoms with van der Waals surface area (Å²) >= 11 is 7.25. The quantitative estimate of drug-likeness (QED) is 0.911. The lowest BCUT2D eigenvalue weighted by molar-refractivity contribution is 0.131. The van der Waals surface area contributed by atoms with Crippen LogP contribution in [0.25, 0.3) is 0 Å². The molecule has 1 N–H and O–H groups in total. The Kier molecular flexibility index (Phi) is 3.86. The highest BCUT2D eigenvalue weighted by atomic mass is 35.5. The second-order valence-electron chi connectivity index (χ2n) is 4.93. The van der Waals surface area contributed by atoms with Gasteiger partial charge in [-0.2, -0.15) is 0 Å². The number of piperidine rings is 1. The number of amides is 2. The largest absolute Gasteiger partial charge is 0.336 e. The van der Waals surface area contributed by atoms with Crippen LogP contribution >= 0.6 is 23.1 Å². The molecule has 0 unspecified atom stereocenters. The molecule has 3 heterocycles. The van der Waals surface area contributed by atoms with Gasteiger partial charge in [-0.1, -0.05) is 16.1 Å². The van der Waals surface area contributed by atoms with Crippen molar-refractivity contribution in [2.24, 2.45) is 0 Å². The monoisotopic (exact) mass is 301 g/mol. The molecule has 6 nitrogen and oxygen atoms in total. The Labute approximate surface area is 120 Å². The van der Waals surface area contributed by atoms with Crippen molar-refractivity contribution >= 4 is 29.2 Å². The first-order chi connectivity index (χ1) is 9.24. The number of rotatable bonds is 3. The van der Waals surface area contributed by atoms with Crippen molar-refractivity contribution in [1.29, 1.82) is 0 Å². The van der Waals surface area contributed by atoms with E-state index in [1.54, 1.807) is 0 Å². The molecule has 2 aliphatic heterocycles. The van der Waals surface area contributed by atoms with Crippen molar-refractivity contribution in [3.63, 3.8) is 0 Å². The molecule has 0 atom stereocenters. The van der Waals surface area contributed by atoms with E-state index in [2.05, 4.69) is 19.8 Å². The average molecular weight is 302 g/mol. The Morgan fingerprint density at radius 2 is 2.16 bits per heavy atom. The van der Waals surface area contributed by atoms with Gasteiger partial charge in [-0.15, -0.1) is 5.10 Å². The second-order valence-corrected chi connectivity index (χ2v) is 6.28. The first kappa shape index (κ1) is 13.1. The molecule has 0 bridgehead atoms. The number of nitrogens with one attached hydrogen (secondary N) is 1. The van der Waals surface area contributed by atoms with E-state index in [0.717, 1.165) is 51.3 Å². The maximum absolute atomic E-state index is 11.6. The maximum Gasteiger partial charge on any atom is 0.317 e. The molecule has 3 rings (SSSR count). The lowest BCUT2D eigenvalue weighted by Gasteiger charge is -2.35. The van der Waals surface area contributed by atoms with E-state index in [0.29, 0.717) is 10.4 Å². The van der Waals surface area contributed by atoms with Crippen molar-refractivity contribution in [1.82, 2.24) is 24.7 Å². The fraction of sp³-hybridized carbons (Fsp3) is 0.727. The van der Waals surface area contributed by atoms with Gasteiger partial charge in [0.05, 0.1) is 0 Å². The van der Waals surface area contributed by atoms with Crippen LogP contribution in [-0.2, 0) is 6.54 Å². The number of hydrogen-bond donors (Lipinski definition) is 1. The van der Waals surface area contributed by atoms with Gasteiger partial charge < -0.3 is 10.2 Å². The topological polar surface area (TPSA) is 61.4 Å². The molecule has 0 aliphatic carbocycles. The summed E-state index contributed by atoms with van der Waals surface area (Å²) in [6.45, 7) is 4.32. The highest BCUT2D eigenvalue weighted by Crippen LogP contribution is 2.23. The molecule has 8 heteroatoms. The summed E-state index contributed by atoms with van der Waals surface area (Å²) in [5.41, 5.74) is 0.865. The van der Waals surface area contributed by atoms with Crippen molar-refractivity contribution < 1.29 is 4.79 Å². The van der Waals surface area contributed by atoms with Gasteiger partial charge in [0.15, 0.2) is 0 Å². The third-order valence-electron chi connectivity index (χ3n) is 3.77. The Morgan fingerprint density at radius 1 is 1.37 bits per heavy atom. The lowest BCUT2D eigenvalue weighted by Crippen LogP contribution is -2.45. The number of likely N-dealkylation sites (tertiary alicyclic amines) is 1. The zero-order valence-corrected chi connectivity index (χ0v) is 12.1. The summed E-state index contributed by atoms with van der Waals surface area (Å²) in [5, 5.41) is 6.90. The Balaban J connectivity index is 1.52. The number of halogens is 1. The summed E-state index contributed by atoms with van der Waals surface area (Å²) in [4.78, 5) is 15.9. The van der Waals surface area contributed by atoms with Crippen LogP contribution in [-0.4, -0.2) is 57.6 Å². The molecule has 0 aromatic carbocycles. The molecule has 2 aliphatic rings. The van der Waals surface area contributed by atoms with Crippen LogP contribution in [0.15, 0.2) is 0 Å². The van der Waals surface area contributed by atoms with Crippen LogP contribution in [0.1, 0.15) is 18.5 Å². The van der Waals surface area contributed by atoms with Crippen LogP contribution in [0.5, 0.6) is 0 Å². The second kappa shape index (κ2) is 5.60. The molecule has 104 valence electrons. The summed E-state index contributed by atoms with van der Waals surface area (Å²) in [6.07, 6.45) is 2.03. The van der Waals surface area contributed by atoms with E-state index >= 15 is 0 Å². The third-order valence-corrected chi connectivity index (χ3v) is 4.75. The fourth-order valence-corrected chi connectivity index (χ4v) is 3.34. The van der Waals surface area contributed by atoms with Crippen molar-refractivity contribution in [2.75, 3.05) is 26.2 Å². The highest BCUT2D eigenvalue weighted by Gasteiger charge is 2.30. The molecule has 19 heavy (non-hydrogen) atoms. The van der Waals surface area contributed by atoms with Gasteiger partial charge in [-0.3, -0.25) is 4.90 Å². The van der Waals surface area contributed by atoms with Gasteiger partial charge in [-0.25, -0.2) is 4.79 Å². The summed E-state index contributed by atoms with van der Waals surface area (Å²) in [6, 6.07) is 0.466. The standard InChI is InChI=1S/C11H16ClN5OS/c12-10-9(14-15-19-10)7-16-4-1-8(2-5-16)17-6-3-13-11(17)18/h8H,1-7H2,(H,13,18). The van der Waals surface area contributed by atoms with Gasteiger partial charge in [-0.05, 0) is 12.8 Å². The van der Waals surface area contributed by atoms with Crippen molar-refractivity contribution in [3.05, 3.63) is 10.0 Å². The van der Waals surface area contributed by atoms with Gasteiger partial charge >= 0.3 is 6.03 Å². The molecule has 2 fully saturated rings. The molecule has 0 spiro atoms. The molecule has 1 aromatic rings. The Morgan fingerprint density at radius 3 is 2.74 bits per heavy atom. The summed E-state index contributed by atoms with van der Waals surface area (Å²) in [7, 11) is 0. The van der Waals surface area contributed by atoms with Crippen LogP contribution < -0.4 is 5.32 Å². The maximum atomic E-state index is 11.6. The van der Waals surface area contributed by atoms with E-state index < -0.39 is 0 Å². The lowest BCUT2D eigenvalue weighted by atomic mass is 10.0. The minimum absolute atomic E-state index is 0.0881. The molecule has 2 amide bonds. The summed E-state index contributed by atoms with van der Waals surface area (Å²) < 4.78 is 4.53. The Bertz CT molecular complexity index is 460. The zero-order chi connectivity index (χ0) is 13.2. The first-order valence-electron chi connectivity index (χ1n) is 6.47. The van der Waals surface area contributed by atoms with Crippen LogP contribution in [0.2, 0.25) is 4.34 Å². The number of carbonyl (C=O) groups is 1. The third kappa shape index (κ3) is 2.82. The normalized spacial score (nSPS) is 21.9. The van der Waals surface area contributed by atoms with Crippen LogP contribution in [0.3, 0.4) is 0 Å². The minimum Gasteiger partial charge on any atom is -0.336 e.